The second-order valence-electron chi connectivity index (χ2n) is 10.9. The topological polar surface area (TPSA) is 100 Å². The Balaban J connectivity index is 1.40. The van der Waals surface area contributed by atoms with Crippen LogP contribution in [-0.2, 0) is 40.1 Å². The van der Waals surface area contributed by atoms with E-state index in [1.165, 1.54) is 6.92 Å². The van der Waals surface area contributed by atoms with E-state index >= 15 is 0 Å². The molecule has 0 spiro atoms. The number of carbonyl (C=O) groups excluding carboxylic acids is 1. The van der Waals surface area contributed by atoms with Crippen molar-refractivity contribution in [1.29, 1.82) is 0 Å². The maximum absolute atomic E-state index is 13.0. The zero-order chi connectivity index (χ0) is 27.1. The van der Waals surface area contributed by atoms with Crippen LogP contribution in [0.25, 0.3) is 0 Å². The van der Waals surface area contributed by atoms with Gasteiger partial charge >= 0.3 is 13.1 Å². The molecule has 198 valence electrons. The summed E-state index contributed by atoms with van der Waals surface area (Å²) in [4.78, 5) is 18.5. The molecule has 2 aliphatic rings. The van der Waals surface area contributed by atoms with E-state index in [0.29, 0.717) is 12.1 Å². The molecule has 0 radical (unpaired) electrons. The smallest absolute Gasteiger partial charge is 0.460 e. The first-order valence-corrected chi connectivity index (χ1v) is 14.2. The Bertz CT molecular complexity index is 1260. The molecule has 37 heavy (non-hydrogen) atoms. The van der Waals surface area contributed by atoms with Gasteiger partial charge in [-0.1, -0.05) is 59.8 Å². The summed E-state index contributed by atoms with van der Waals surface area (Å²) in [5.74, 6) is -0.803. The molecule has 4 rings (SSSR count). The minimum atomic E-state index is -3.81. The van der Waals surface area contributed by atoms with Crippen LogP contribution in [0.1, 0.15) is 58.6 Å². The van der Waals surface area contributed by atoms with Crippen LogP contribution >= 0.6 is 0 Å². The van der Waals surface area contributed by atoms with E-state index in [-0.39, 0.29) is 13.0 Å². The summed E-state index contributed by atoms with van der Waals surface area (Å²) in [5.41, 5.74) is 2.33. The molecule has 2 aliphatic heterocycles. The van der Waals surface area contributed by atoms with E-state index in [2.05, 4.69) is 5.16 Å². The molecule has 2 atom stereocenters. The van der Waals surface area contributed by atoms with E-state index in [0.717, 1.165) is 22.8 Å². The SMILES string of the molecule is CC1(C)OB(c2ccc(C3=NO[C@@H](CC(C)(C(=O)OCc4ccccc4)S(C)(=O)=O)C3)cc2)OC1(C)C. The Morgan fingerprint density at radius 2 is 1.65 bits per heavy atom. The van der Waals surface area contributed by atoms with E-state index in [1.807, 2.05) is 82.3 Å². The van der Waals surface area contributed by atoms with Crippen LogP contribution in [0.15, 0.2) is 59.8 Å². The predicted octanol–water partition coefficient (Wildman–Crippen LogP) is 3.42. The van der Waals surface area contributed by atoms with Gasteiger partial charge in [0, 0.05) is 19.1 Å². The molecule has 2 heterocycles. The Kier molecular flexibility index (Phi) is 7.31. The van der Waals surface area contributed by atoms with Gasteiger partial charge in [0.15, 0.2) is 14.6 Å². The number of ether oxygens (including phenoxy) is 1. The number of carbonyl (C=O) groups is 1. The van der Waals surface area contributed by atoms with Gasteiger partial charge in [-0.2, -0.15) is 0 Å². The van der Waals surface area contributed by atoms with Gasteiger partial charge in [-0.3, -0.25) is 4.79 Å². The molecule has 0 aliphatic carbocycles. The van der Waals surface area contributed by atoms with Gasteiger partial charge in [0.05, 0.1) is 16.9 Å². The maximum atomic E-state index is 13.0. The number of esters is 1. The monoisotopic (exact) mass is 527 g/mol. The van der Waals surface area contributed by atoms with Crippen LogP contribution < -0.4 is 5.46 Å². The highest BCUT2D eigenvalue weighted by atomic mass is 32.2. The molecule has 8 nitrogen and oxygen atoms in total. The second-order valence-corrected chi connectivity index (χ2v) is 13.4. The molecular weight excluding hydrogens is 493 g/mol. The Morgan fingerprint density at radius 1 is 1.05 bits per heavy atom. The van der Waals surface area contributed by atoms with Gasteiger partial charge in [0.1, 0.15) is 12.7 Å². The second kappa shape index (κ2) is 9.89. The van der Waals surface area contributed by atoms with Crippen LogP contribution in [0.4, 0.5) is 0 Å². The Labute approximate surface area is 219 Å². The van der Waals surface area contributed by atoms with Gasteiger partial charge in [-0.15, -0.1) is 0 Å². The number of hydrogen-bond donors (Lipinski definition) is 0. The lowest BCUT2D eigenvalue weighted by atomic mass is 9.78. The van der Waals surface area contributed by atoms with Crippen LogP contribution in [0.2, 0.25) is 0 Å². The first kappa shape index (κ1) is 27.4. The fourth-order valence-electron chi connectivity index (χ4n) is 4.22. The average Bonchev–Trinajstić information content (AvgIpc) is 3.38. The van der Waals surface area contributed by atoms with Gasteiger partial charge < -0.3 is 18.9 Å². The summed E-state index contributed by atoms with van der Waals surface area (Å²) < 4.78 is 41.2. The highest BCUT2D eigenvalue weighted by molar-refractivity contribution is 7.92. The average molecular weight is 527 g/mol. The van der Waals surface area contributed by atoms with Crippen LogP contribution in [0.3, 0.4) is 0 Å². The van der Waals surface area contributed by atoms with Crippen molar-refractivity contribution in [2.24, 2.45) is 5.16 Å². The predicted molar refractivity (Wildman–Crippen MR) is 142 cm³/mol. The molecule has 0 bridgehead atoms. The summed E-state index contributed by atoms with van der Waals surface area (Å²) in [6, 6.07) is 16.8. The molecule has 1 unspecified atom stereocenters. The van der Waals surface area contributed by atoms with E-state index in [4.69, 9.17) is 18.9 Å². The Hall–Kier alpha value is -2.69. The van der Waals surface area contributed by atoms with Crippen LogP contribution in [0, 0.1) is 0 Å². The normalized spacial score (nSPS) is 22.2. The van der Waals surface area contributed by atoms with Crippen LogP contribution in [0.5, 0.6) is 0 Å². The molecule has 2 aromatic rings. The lowest BCUT2D eigenvalue weighted by molar-refractivity contribution is -0.148. The van der Waals surface area contributed by atoms with Gasteiger partial charge in [-0.25, -0.2) is 8.42 Å². The van der Waals surface area contributed by atoms with Crippen LogP contribution in [-0.4, -0.2) is 55.5 Å². The highest BCUT2D eigenvalue weighted by Crippen LogP contribution is 2.36. The van der Waals surface area contributed by atoms with E-state index in [9.17, 15) is 13.2 Å². The summed E-state index contributed by atoms with van der Waals surface area (Å²) in [5, 5.41) is 4.19. The number of sulfone groups is 1. The molecule has 1 saturated heterocycles. The van der Waals surface area contributed by atoms with E-state index < -0.39 is 45.0 Å². The van der Waals surface area contributed by atoms with Crippen molar-refractivity contribution in [3.05, 3.63) is 65.7 Å². The third-order valence-corrected chi connectivity index (χ3v) is 9.55. The van der Waals surface area contributed by atoms with Crippen molar-refractivity contribution in [2.45, 2.75) is 76.1 Å². The van der Waals surface area contributed by atoms with Crippen molar-refractivity contribution < 1.29 is 32.1 Å². The summed E-state index contributed by atoms with van der Waals surface area (Å²) in [6.07, 6.45) is 0.759. The molecule has 2 aromatic carbocycles. The number of nitrogens with zero attached hydrogens (tertiary/aromatic N) is 1. The third kappa shape index (κ3) is 5.61. The standard InChI is InChI=1S/C27H34BNO7S/c1-25(2)26(3,4)36-28(35-25)21-14-12-20(13-15-21)23-16-22(34-29-23)17-27(5,37(6,31)32)24(30)33-18-19-10-8-7-9-11-19/h7-15,22H,16-18H2,1-6H3/t22-,27?/m1/s1. The molecule has 0 saturated carbocycles. The van der Waals surface area contributed by atoms with E-state index in [1.54, 1.807) is 0 Å². The first-order chi connectivity index (χ1) is 17.2. The molecular formula is C27H34BNO7S. The first-order valence-electron chi connectivity index (χ1n) is 12.3. The van der Waals surface area contributed by atoms with Crippen molar-refractivity contribution >= 4 is 34.1 Å². The van der Waals surface area contributed by atoms with Crippen molar-refractivity contribution in [3.8, 4) is 0 Å². The number of oxime groups is 1. The zero-order valence-electron chi connectivity index (χ0n) is 22.2. The lowest BCUT2D eigenvalue weighted by Gasteiger charge is -2.32. The molecule has 10 heteroatoms. The Morgan fingerprint density at radius 3 is 2.22 bits per heavy atom. The van der Waals surface area contributed by atoms with Gasteiger partial charge in [-0.05, 0) is 51.2 Å². The van der Waals surface area contributed by atoms with Gasteiger partial charge in [0.25, 0.3) is 0 Å². The molecule has 0 amide bonds. The van der Waals surface area contributed by atoms with Crippen molar-refractivity contribution in [1.82, 2.24) is 0 Å². The fourth-order valence-corrected chi connectivity index (χ4v) is 5.07. The molecule has 0 aromatic heterocycles. The number of hydrogen-bond acceptors (Lipinski definition) is 8. The molecule has 0 N–H and O–H groups in total. The zero-order valence-corrected chi connectivity index (χ0v) is 23.0. The summed E-state index contributed by atoms with van der Waals surface area (Å²) >= 11 is 0. The molecule has 1 fully saturated rings. The summed E-state index contributed by atoms with van der Waals surface area (Å²) in [7, 11) is -4.27. The highest BCUT2D eigenvalue weighted by Gasteiger charge is 2.52. The quantitative estimate of drug-likeness (QED) is 0.383. The minimum absolute atomic E-state index is 0.00675. The number of rotatable bonds is 8. The summed E-state index contributed by atoms with van der Waals surface area (Å²) in [6.45, 7) is 9.41. The third-order valence-electron chi connectivity index (χ3n) is 7.58. The number of benzene rings is 2. The minimum Gasteiger partial charge on any atom is -0.460 e. The van der Waals surface area contributed by atoms with Gasteiger partial charge in [0.2, 0.25) is 0 Å². The fraction of sp³-hybridized carbons (Fsp3) is 0.481. The van der Waals surface area contributed by atoms with Crippen molar-refractivity contribution in [3.63, 3.8) is 0 Å². The van der Waals surface area contributed by atoms with Crippen molar-refractivity contribution in [2.75, 3.05) is 6.26 Å². The largest absolute Gasteiger partial charge is 0.494 e. The maximum Gasteiger partial charge on any atom is 0.494 e. The lowest BCUT2D eigenvalue weighted by Crippen LogP contribution is -2.46.